The Morgan fingerprint density at radius 1 is 0.417 bits per heavy atom. The number of nitrogens with one attached hydrogen (secondary N) is 4. The summed E-state index contributed by atoms with van der Waals surface area (Å²) in [6.07, 6.45) is 5.36. The quantitative estimate of drug-likeness (QED) is 0.140. The van der Waals surface area contributed by atoms with Gasteiger partial charge in [0.15, 0.2) is 0 Å². The molecular weight excluding hydrogens is 606 g/mol. The monoisotopic (exact) mass is 641 g/mol. The Morgan fingerprint density at radius 2 is 0.729 bits per heavy atom. The first-order chi connectivity index (χ1) is 23.3. The average Bonchev–Trinajstić information content (AvgIpc) is 3.94. The Labute approximate surface area is 277 Å². The van der Waals surface area contributed by atoms with Crippen LogP contribution < -0.4 is 26.2 Å². The van der Waals surface area contributed by atoms with Crippen LogP contribution in [0.25, 0.3) is 0 Å². The van der Waals surface area contributed by atoms with E-state index < -0.39 is 0 Å². The highest BCUT2D eigenvalue weighted by molar-refractivity contribution is 6.07. The van der Waals surface area contributed by atoms with Gasteiger partial charge < -0.3 is 21.3 Å². The molecule has 0 radical (unpaired) electrons. The van der Waals surface area contributed by atoms with Crippen molar-refractivity contribution in [1.82, 2.24) is 0 Å². The van der Waals surface area contributed by atoms with Gasteiger partial charge in [-0.3, -0.25) is 28.9 Å². The van der Waals surface area contributed by atoms with Gasteiger partial charge in [-0.05, 0) is 136 Å². The molecule has 0 atom stereocenters. The van der Waals surface area contributed by atoms with Crippen molar-refractivity contribution in [3.8, 4) is 0 Å². The Kier molecular flexibility index (Phi) is 8.46. The summed E-state index contributed by atoms with van der Waals surface area (Å²) < 4.78 is 0. The van der Waals surface area contributed by atoms with Crippen LogP contribution in [0.3, 0.4) is 0 Å². The van der Waals surface area contributed by atoms with Crippen LogP contribution in [0.1, 0.15) is 59.2 Å². The number of amides is 5. The van der Waals surface area contributed by atoms with Gasteiger partial charge in [-0.2, -0.15) is 0 Å². The molecule has 3 aliphatic carbocycles. The molecule has 7 rings (SSSR count). The van der Waals surface area contributed by atoms with Crippen LogP contribution >= 0.6 is 0 Å². The van der Waals surface area contributed by atoms with Crippen molar-refractivity contribution in [1.29, 1.82) is 0 Å². The number of rotatable bonds is 11. The molecule has 10 heteroatoms. The number of carbonyl (C=O) groups excluding carboxylic acids is 5. The number of hydrogen-bond acceptors (Lipinski definition) is 5. The second-order valence-corrected chi connectivity index (χ2v) is 12.6. The van der Waals surface area contributed by atoms with Crippen LogP contribution in [0.15, 0.2) is 97.1 Å². The largest absolute Gasteiger partial charge is 0.326 e. The van der Waals surface area contributed by atoms with E-state index in [-0.39, 0.29) is 47.3 Å². The predicted molar refractivity (Wildman–Crippen MR) is 184 cm³/mol. The topological polar surface area (TPSA) is 137 Å². The van der Waals surface area contributed by atoms with Crippen LogP contribution in [-0.2, 0) is 14.4 Å². The van der Waals surface area contributed by atoms with E-state index in [2.05, 4.69) is 21.3 Å². The molecule has 0 aromatic heterocycles. The molecule has 0 heterocycles. The van der Waals surface area contributed by atoms with E-state index in [0.29, 0.717) is 45.3 Å². The molecule has 0 aliphatic heterocycles. The van der Waals surface area contributed by atoms with E-state index in [0.717, 1.165) is 38.5 Å². The second kappa shape index (κ2) is 13.2. The van der Waals surface area contributed by atoms with E-state index in [1.807, 2.05) is 0 Å². The Balaban J connectivity index is 0.983. The van der Waals surface area contributed by atoms with Gasteiger partial charge in [0.25, 0.3) is 11.8 Å². The van der Waals surface area contributed by atoms with E-state index in [1.54, 1.807) is 102 Å². The zero-order valence-corrected chi connectivity index (χ0v) is 26.2. The van der Waals surface area contributed by atoms with Gasteiger partial charge in [-0.1, -0.05) is 0 Å². The molecule has 3 fully saturated rings. The summed E-state index contributed by atoms with van der Waals surface area (Å²) in [5, 5.41) is 11.5. The molecule has 0 bridgehead atoms. The summed E-state index contributed by atoms with van der Waals surface area (Å²) in [4.78, 5) is 64.8. The van der Waals surface area contributed by atoms with Crippen LogP contribution in [0.4, 0.5) is 34.1 Å². The number of anilines is 6. The smallest absolute Gasteiger partial charge is 0.255 e. The van der Waals surface area contributed by atoms with Crippen molar-refractivity contribution >= 4 is 63.7 Å². The highest BCUT2D eigenvalue weighted by Crippen LogP contribution is 2.37. The maximum absolute atomic E-state index is 13.4. The second-order valence-electron chi connectivity index (χ2n) is 12.6. The van der Waals surface area contributed by atoms with Crippen LogP contribution in [-0.4, -0.2) is 29.5 Å². The van der Waals surface area contributed by atoms with Gasteiger partial charge >= 0.3 is 0 Å². The molecule has 0 spiro atoms. The van der Waals surface area contributed by atoms with Gasteiger partial charge in [0.1, 0.15) is 0 Å². The molecule has 4 aromatic carbocycles. The first-order valence-electron chi connectivity index (χ1n) is 16.3. The summed E-state index contributed by atoms with van der Waals surface area (Å²) in [5.74, 6) is -0.405. The highest BCUT2D eigenvalue weighted by atomic mass is 16.2. The normalized spacial score (nSPS) is 15.2. The Morgan fingerprint density at radius 3 is 1.06 bits per heavy atom. The molecule has 0 unspecified atom stereocenters. The predicted octanol–water partition coefficient (Wildman–Crippen LogP) is 6.96. The van der Waals surface area contributed by atoms with Gasteiger partial charge in [0.2, 0.25) is 17.7 Å². The standard InChI is InChI=1S/C38H35N5O5/c44-34(23-1-2-23)39-28-11-7-25(8-12-28)36(46)41-30-15-19-32(20-16-30)43(38(48)27-5-6-27)33-21-17-31(18-22-33)42-37(47)26-9-13-29(14-10-26)40-35(45)24-3-4-24/h7-24,27H,1-6H2,(H,39,44)(H,40,45)(H,41,46)(H,42,47). The van der Waals surface area contributed by atoms with Crippen LogP contribution in [0.5, 0.6) is 0 Å². The molecule has 4 aromatic rings. The third-order valence-electron chi connectivity index (χ3n) is 8.64. The molecule has 48 heavy (non-hydrogen) atoms. The van der Waals surface area contributed by atoms with Crippen molar-refractivity contribution in [2.75, 3.05) is 26.2 Å². The van der Waals surface area contributed by atoms with E-state index in [9.17, 15) is 24.0 Å². The average molecular weight is 642 g/mol. The molecule has 242 valence electrons. The zero-order chi connectivity index (χ0) is 33.2. The van der Waals surface area contributed by atoms with Crippen molar-refractivity contribution in [3.05, 3.63) is 108 Å². The number of hydrogen-bond donors (Lipinski definition) is 4. The van der Waals surface area contributed by atoms with Crippen LogP contribution in [0.2, 0.25) is 0 Å². The van der Waals surface area contributed by atoms with Crippen molar-refractivity contribution in [2.24, 2.45) is 17.8 Å². The molecular formula is C38H35N5O5. The maximum atomic E-state index is 13.4. The van der Waals surface area contributed by atoms with Crippen molar-refractivity contribution in [3.63, 3.8) is 0 Å². The minimum Gasteiger partial charge on any atom is -0.326 e. The third-order valence-corrected chi connectivity index (χ3v) is 8.64. The number of carbonyl (C=O) groups is 5. The number of nitrogens with zero attached hydrogens (tertiary/aromatic N) is 1. The SMILES string of the molecule is O=C(Nc1ccc(N(C(=O)C2CC2)c2ccc(NC(=O)c3ccc(NC(=O)C4CC4)cc3)cc2)cc1)c1ccc(NC(=O)C2CC2)cc1. The highest BCUT2D eigenvalue weighted by Gasteiger charge is 2.35. The maximum Gasteiger partial charge on any atom is 0.255 e. The lowest BCUT2D eigenvalue weighted by Gasteiger charge is -2.24. The van der Waals surface area contributed by atoms with Gasteiger partial charge in [0, 0.05) is 63.0 Å². The van der Waals surface area contributed by atoms with E-state index in [1.165, 1.54) is 0 Å². The molecule has 3 aliphatic rings. The fourth-order valence-electron chi connectivity index (χ4n) is 5.30. The lowest BCUT2D eigenvalue weighted by Crippen LogP contribution is -2.27. The Bertz CT molecular complexity index is 1730. The fourth-order valence-corrected chi connectivity index (χ4v) is 5.30. The van der Waals surface area contributed by atoms with E-state index >= 15 is 0 Å². The first-order valence-corrected chi connectivity index (χ1v) is 16.3. The lowest BCUT2D eigenvalue weighted by atomic mass is 10.1. The fraction of sp³-hybridized carbons (Fsp3) is 0.237. The summed E-state index contributed by atoms with van der Waals surface area (Å²) in [6, 6.07) is 27.7. The zero-order valence-electron chi connectivity index (χ0n) is 26.2. The minimum atomic E-state index is -0.289. The summed E-state index contributed by atoms with van der Waals surface area (Å²) >= 11 is 0. The summed E-state index contributed by atoms with van der Waals surface area (Å²) in [5.41, 5.74) is 4.69. The van der Waals surface area contributed by atoms with Crippen molar-refractivity contribution in [2.45, 2.75) is 38.5 Å². The van der Waals surface area contributed by atoms with Gasteiger partial charge in [-0.25, -0.2) is 0 Å². The lowest BCUT2D eigenvalue weighted by molar-refractivity contribution is -0.119. The van der Waals surface area contributed by atoms with E-state index in [4.69, 9.17) is 0 Å². The molecule has 5 amide bonds. The summed E-state index contributed by atoms with van der Waals surface area (Å²) in [7, 11) is 0. The minimum absolute atomic E-state index is 0.00805. The molecule has 10 nitrogen and oxygen atoms in total. The summed E-state index contributed by atoms with van der Waals surface area (Å²) in [6.45, 7) is 0. The molecule has 0 saturated heterocycles. The van der Waals surface area contributed by atoms with Crippen LogP contribution in [0, 0.1) is 17.8 Å². The molecule has 3 saturated carbocycles. The van der Waals surface area contributed by atoms with Gasteiger partial charge in [0.05, 0.1) is 0 Å². The molecule has 4 N–H and O–H groups in total. The third kappa shape index (κ3) is 7.44. The number of benzene rings is 4. The first kappa shape index (κ1) is 30.9. The van der Waals surface area contributed by atoms with Gasteiger partial charge in [-0.15, -0.1) is 0 Å². The van der Waals surface area contributed by atoms with Crippen molar-refractivity contribution < 1.29 is 24.0 Å². The Hall–Kier alpha value is -5.77.